The molecule has 0 radical (unpaired) electrons. The number of pyridine rings is 3. The fraction of sp³-hybridized carbons (Fsp3) is 0.379. The predicted molar refractivity (Wildman–Crippen MR) is 147 cm³/mol. The number of anilines is 1. The largest absolute Gasteiger partial charge is 0.371 e. The number of H-pyrrole nitrogens is 2. The Hall–Kier alpha value is -3.78. The molecular weight excluding hydrogens is 460 g/mol. The minimum atomic E-state index is 0.888. The molecule has 0 spiro atoms. The second-order valence-corrected chi connectivity index (χ2v) is 10.4. The van der Waals surface area contributed by atoms with E-state index >= 15 is 0 Å². The highest BCUT2D eigenvalue weighted by atomic mass is 15.1. The first kappa shape index (κ1) is 22.4. The third kappa shape index (κ3) is 4.35. The molecule has 7 heterocycles. The molecule has 8 heteroatoms. The van der Waals surface area contributed by atoms with Crippen molar-refractivity contribution < 1.29 is 0 Å². The maximum atomic E-state index is 4.74. The number of hydrogen-bond donors (Lipinski definition) is 2. The number of nitrogens with zero attached hydrogens (tertiary/aromatic N) is 6. The summed E-state index contributed by atoms with van der Waals surface area (Å²) in [7, 11) is 0. The highest BCUT2D eigenvalue weighted by Crippen LogP contribution is 2.34. The van der Waals surface area contributed by atoms with E-state index in [1.54, 1.807) is 0 Å². The lowest BCUT2D eigenvalue weighted by Crippen LogP contribution is -2.29. The molecule has 7 rings (SSSR count). The summed E-state index contributed by atoms with van der Waals surface area (Å²) in [6.45, 7) is 5.49. The van der Waals surface area contributed by atoms with E-state index in [0.29, 0.717) is 0 Å². The van der Waals surface area contributed by atoms with Gasteiger partial charge in [0.15, 0.2) is 0 Å². The molecule has 0 unspecified atom stereocenters. The van der Waals surface area contributed by atoms with Crippen LogP contribution in [0.5, 0.6) is 0 Å². The summed E-state index contributed by atoms with van der Waals surface area (Å²) < 4.78 is 0. The number of rotatable bonds is 5. The molecule has 5 aromatic heterocycles. The van der Waals surface area contributed by atoms with Crippen LogP contribution in [0.15, 0.2) is 49.1 Å². The highest BCUT2D eigenvalue weighted by Gasteiger charge is 2.18. The molecule has 2 fully saturated rings. The van der Waals surface area contributed by atoms with Gasteiger partial charge < -0.3 is 9.88 Å². The Morgan fingerprint density at radius 3 is 2.51 bits per heavy atom. The summed E-state index contributed by atoms with van der Waals surface area (Å²) in [5.74, 6) is 0. The van der Waals surface area contributed by atoms with Crippen LogP contribution in [-0.2, 0) is 6.54 Å². The molecule has 0 bridgehead atoms. The van der Waals surface area contributed by atoms with Gasteiger partial charge in [0.1, 0.15) is 11.3 Å². The molecule has 0 aliphatic carbocycles. The van der Waals surface area contributed by atoms with E-state index < -0.39 is 0 Å². The van der Waals surface area contributed by atoms with Crippen LogP contribution in [0.2, 0.25) is 0 Å². The third-order valence-electron chi connectivity index (χ3n) is 7.85. The van der Waals surface area contributed by atoms with E-state index in [0.717, 1.165) is 64.2 Å². The van der Waals surface area contributed by atoms with Crippen molar-refractivity contribution in [3.8, 4) is 22.6 Å². The molecule has 8 nitrogen and oxygen atoms in total. The van der Waals surface area contributed by atoms with Crippen molar-refractivity contribution >= 4 is 27.6 Å². The summed E-state index contributed by atoms with van der Waals surface area (Å²) >= 11 is 0. The molecular formula is C29H32N8. The summed E-state index contributed by atoms with van der Waals surface area (Å²) in [5, 5.41) is 10.0. The van der Waals surface area contributed by atoms with Gasteiger partial charge in [0.05, 0.1) is 23.1 Å². The van der Waals surface area contributed by atoms with E-state index in [4.69, 9.17) is 4.98 Å². The van der Waals surface area contributed by atoms with Crippen molar-refractivity contribution in [3.63, 3.8) is 0 Å². The SMILES string of the molecule is c1cc(N2CCCCC2)c2cc(-c3n[nH]c4cnc(-c5cncc(CN6CCCCC6)c5)cc34)[nH]c2n1. The lowest BCUT2D eigenvalue weighted by Gasteiger charge is -2.29. The number of piperidine rings is 2. The predicted octanol–water partition coefficient (Wildman–Crippen LogP) is 5.54. The minimum absolute atomic E-state index is 0.888. The van der Waals surface area contributed by atoms with Crippen LogP contribution >= 0.6 is 0 Å². The summed E-state index contributed by atoms with van der Waals surface area (Å²) in [6, 6.07) is 8.69. The standard InChI is InChI=1S/C29H32N8/c1-3-9-36(10-4-1)19-20-13-21(17-30-16-20)24-14-22-26(18-32-24)34-35-28(22)25-15-23-27(7-8-31-29(23)33-25)37-11-5-2-6-12-37/h7-8,13-18H,1-6,9-12,19H2,(H,31,33)(H,34,35). The summed E-state index contributed by atoms with van der Waals surface area (Å²) in [6.07, 6.45) is 15.4. The number of fused-ring (bicyclic) bond motifs is 2. The minimum Gasteiger partial charge on any atom is -0.371 e. The van der Waals surface area contributed by atoms with Gasteiger partial charge in [0, 0.05) is 60.2 Å². The molecule has 2 saturated heterocycles. The van der Waals surface area contributed by atoms with Crippen molar-refractivity contribution in [2.75, 3.05) is 31.1 Å². The van der Waals surface area contributed by atoms with Gasteiger partial charge in [-0.25, -0.2) is 4.98 Å². The van der Waals surface area contributed by atoms with Crippen molar-refractivity contribution in [1.29, 1.82) is 0 Å². The topological polar surface area (TPSA) is 89.6 Å². The van der Waals surface area contributed by atoms with Gasteiger partial charge in [-0.15, -0.1) is 0 Å². The lowest BCUT2D eigenvalue weighted by atomic mass is 10.1. The quantitative estimate of drug-likeness (QED) is 0.335. The van der Waals surface area contributed by atoms with E-state index in [1.165, 1.54) is 62.9 Å². The lowest BCUT2D eigenvalue weighted by molar-refractivity contribution is 0.220. The molecule has 0 atom stereocenters. The van der Waals surface area contributed by atoms with Crippen LogP contribution in [0, 0.1) is 0 Å². The van der Waals surface area contributed by atoms with E-state index in [-0.39, 0.29) is 0 Å². The van der Waals surface area contributed by atoms with Gasteiger partial charge >= 0.3 is 0 Å². The Kier molecular flexibility index (Phi) is 5.81. The smallest absolute Gasteiger partial charge is 0.139 e. The second kappa shape index (κ2) is 9.59. The van der Waals surface area contributed by atoms with Crippen molar-refractivity contribution in [2.45, 2.75) is 45.1 Å². The van der Waals surface area contributed by atoms with Crippen LogP contribution < -0.4 is 4.90 Å². The number of likely N-dealkylation sites (tertiary alicyclic amines) is 1. The van der Waals surface area contributed by atoms with E-state index in [1.807, 2.05) is 24.8 Å². The fourth-order valence-electron chi connectivity index (χ4n) is 5.92. The zero-order valence-electron chi connectivity index (χ0n) is 21.1. The van der Waals surface area contributed by atoms with Crippen LogP contribution in [0.3, 0.4) is 0 Å². The maximum Gasteiger partial charge on any atom is 0.139 e. The molecule has 0 aromatic carbocycles. The number of aromatic amines is 2. The van der Waals surface area contributed by atoms with Gasteiger partial charge in [0.25, 0.3) is 0 Å². The highest BCUT2D eigenvalue weighted by molar-refractivity contribution is 5.99. The van der Waals surface area contributed by atoms with Crippen LogP contribution in [0.4, 0.5) is 5.69 Å². The summed E-state index contributed by atoms with van der Waals surface area (Å²) in [5.41, 5.74) is 8.11. The average molecular weight is 493 g/mol. The Balaban J connectivity index is 1.23. The van der Waals surface area contributed by atoms with Crippen LogP contribution in [0.25, 0.3) is 44.6 Å². The second-order valence-electron chi connectivity index (χ2n) is 10.4. The molecule has 2 aliphatic heterocycles. The third-order valence-corrected chi connectivity index (χ3v) is 7.85. The molecule has 188 valence electrons. The van der Waals surface area contributed by atoms with Gasteiger partial charge in [-0.05, 0) is 75.0 Å². The Morgan fingerprint density at radius 1 is 0.811 bits per heavy atom. The number of nitrogens with one attached hydrogen (secondary N) is 2. The normalized spacial score (nSPS) is 17.1. The molecule has 37 heavy (non-hydrogen) atoms. The zero-order valence-corrected chi connectivity index (χ0v) is 21.1. The molecule has 5 aromatic rings. The van der Waals surface area contributed by atoms with Crippen molar-refractivity contribution in [3.05, 3.63) is 54.6 Å². The Labute approximate surface area is 216 Å². The summed E-state index contributed by atoms with van der Waals surface area (Å²) in [4.78, 5) is 22.4. The van der Waals surface area contributed by atoms with Gasteiger partial charge in [-0.3, -0.25) is 20.0 Å². The van der Waals surface area contributed by atoms with Gasteiger partial charge in [-0.2, -0.15) is 5.10 Å². The van der Waals surface area contributed by atoms with E-state index in [9.17, 15) is 0 Å². The van der Waals surface area contributed by atoms with Crippen LogP contribution in [0.1, 0.15) is 44.1 Å². The molecule has 2 aliphatic rings. The van der Waals surface area contributed by atoms with Crippen molar-refractivity contribution in [1.82, 2.24) is 35.0 Å². The van der Waals surface area contributed by atoms with Gasteiger partial charge in [0.2, 0.25) is 0 Å². The van der Waals surface area contributed by atoms with Gasteiger partial charge in [-0.1, -0.05) is 6.42 Å². The Bertz CT molecular complexity index is 1540. The molecule has 0 amide bonds. The maximum absolute atomic E-state index is 4.74. The first-order valence-corrected chi connectivity index (χ1v) is 13.6. The molecule has 2 N–H and O–H groups in total. The van der Waals surface area contributed by atoms with E-state index in [2.05, 4.69) is 59.2 Å². The first-order chi connectivity index (χ1) is 18.3. The number of hydrogen-bond acceptors (Lipinski definition) is 6. The zero-order chi connectivity index (χ0) is 24.6. The molecule has 0 saturated carbocycles. The van der Waals surface area contributed by atoms with Crippen molar-refractivity contribution in [2.24, 2.45) is 0 Å². The monoisotopic (exact) mass is 492 g/mol. The fourth-order valence-corrected chi connectivity index (χ4v) is 5.92. The Morgan fingerprint density at radius 2 is 1.65 bits per heavy atom. The average Bonchev–Trinajstić information content (AvgIpc) is 3.58. The first-order valence-electron chi connectivity index (χ1n) is 13.6. The number of aromatic nitrogens is 6. The van der Waals surface area contributed by atoms with Crippen LogP contribution in [-0.4, -0.2) is 61.2 Å².